The van der Waals surface area contributed by atoms with Crippen LogP contribution >= 0.6 is 0 Å². The summed E-state index contributed by atoms with van der Waals surface area (Å²) < 4.78 is 21.5. The zero-order chi connectivity index (χ0) is 18.9. The summed E-state index contributed by atoms with van der Waals surface area (Å²) in [5, 5.41) is 3.56. The highest BCUT2D eigenvalue weighted by Gasteiger charge is 2.13. The van der Waals surface area contributed by atoms with Crippen molar-refractivity contribution >= 4 is 0 Å². The van der Waals surface area contributed by atoms with Gasteiger partial charge in [0.25, 0.3) is 0 Å². The predicted octanol–water partition coefficient (Wildman–Crippen LogP) is 4.00. The fourth-order valence-corrected chi connectivity index (χ4v) is 2.92. The van der Waals surface area contributed by atoms with Crippen LogP contribution in [0.4, 0.5) is 0 Å². The van der Waals surface area contributed by atoms with E-state index >= 15 is 0 Å². The Morgan fingerprint density at radius 3 is 2.15 bits per heavy atom. The summed E-state index contributed by atoms with van der Waals surface area (Å²) in [4.78, 5) is 0. The molecule has 0 fully saturated rings. The second-order valence-corrected chi connectivity index (χ2v) is 6.09. The molecule has 0 radical (unpaired) electrons. The molecule has 2 aromatic carbocycles. The van der Waals surface area contributed by atoms with Gasteiger partial charge in [-0.05, 0) is 61.7 Å². The van der Waals surface area contributed by atoms with Gasteiger partial charge in [-0.2, -0.15) is 0 Å². The Kier molecular flexibility index (Phi) is 7.60. The van der Waals surface area contributed by atoms with Gasteiger partial charge in [0.15, 0.2) is 11.5 Å². The van der Waals surface area contributed by atoms with E-state index in [9.17, 15) is 0 Å². The van der Waals surface area contributed by atoms with E-state index in [0.717, 1.165) is 30.7 Å². The summed E-state index contributed by atoms with van der Waals surface area (Å²) in [6.07, 6.45) is 1.93. The third-order valence-corrected chi connectivity index (χ3v) is 4.41. The maximum Gasteiger partial charge on any atom is 0.203 e. The Morgan fingerprint density at radius 1 is 0.885 bits per heavy atom. The minimum absolute atomic E-state index is 0.269. The molecular formula is C21H29NO4. The summed E-state index contributed by atoms with van der Waals surface area (Å²) in [6, 6.07) is 12.4. The van der Waals surface area contributed by atoms with Gasteiger partial charge in [0.05, 0.1) is 28.4 Å². The predicted molar refractivity (Wildman–Crippen MR) is 104 cm³/mol. The molecule has 1 atom stereocenters. The molecule has 0 heterocycles. The Morgan fingerprint density at radius 2 is 1.58 bits per heavy atom. The van der Waals surface area contributed by atoms with Crippen LogP contribution in [-0.4, -0.2) is 35.0 Å². The van der Waals surface area contributed by atoms with Crippen molar-refractivity contribution in [1.82, 2.24) is 5.32 Å². The topological polar surface area (TPSA) is 49.0 Å². The van der Waals surface area contributed by atoms with Gasteiger partial charge in [-0.15, -0.1) is 0 Å². The molecule has 2 rings (SSSR count). The van der Waals surface area contributed by atoms with Crippen molar-refractivity contribution < 1.29 is 18.9 Å². The van der Waals surface area contributed by atoms with Crippen molar-refractivity contribution in [2.45, 2.75) is 25.8 Å². The quantitative estimate of drug-likeness (QED) is 0.650. The number of methoxy groups -OCH3 is 4. The third-order valence-electron chi connectivity index (χ3n) is 4.41. The van der Waals surface area contributed by atoms with E-state index in [0.29, 0.717) is 17.2 Å². The first-order chi connectivity index (χ1) is 12.6. The van der Waals surface area contributed by atoms with Gasteiger partial charge in [0.2, 0.25) is 5.75 Å². The number of hydrogen-bond donors (Lipinski definition) is 1. The average Bonchev–Trinajstić information content (AvgIpc) is 2.70. The van der Waals surface area contributed by atoms with Gasteiger partial charge < -0.3 is 24.3 Å². The molecule has 0 saturated carbocycles. The second-order valence-electron chi connectivity index (χ2n) is 6.09. The van der Waals surface area contributed by atoms with Crippen LogP contribution in [0.1, 0.15) is 30.5 Å². The van der Waals surface area contributed by atoms with Crippen LogP contribution in [0.3, 0.4) is 0 Å². The van der Waals surface area contributed by atoms with Crippen molar-refractivity contribution in [2.75, 3.05) is 35.0 Å². The standard InChI is InChI=1S/C21H29NO4/c1-15(17-9-6-10-18(14-17)23-2)22-11-7-8-16-12-19(24-3)21(26-5)20(13-16)25-4/h6,9-10,12-15,22H,7-8,11H2,1-5H3. The lowest BCUT2D eigenvalue weighted by Gasteiger charge is -2.16. The van der Waals surface area contributed by atoms with Crippen LogP contribution in [0, 0.1) is 0 Å². The van der Waals surface area contributed by atoms with E-state index in [1.807, 2.05) is 24.3 Å². The first-order valence-corrected chi connectivity index (χ1v) is 8.79. The van der Waals surface area contributed by atoms with Gasteiger partial charge in [-0.25, -0.2) is 0 Å². The number of rotatable bonds is 10. The number of aryl methyl sites for hydroxylation is 1. The van der Waals surface area contributed by atoms with Crippen molar-refractivity contribution in [3.8, 4) is 23.0 Å². The SMILES string of the molecule is COc1cccc(C(C)NCCCc2cc(OC)c(OC)c(OC)c2)c1. The summed E-state index contributed by atoms with van der Waals surface area (Å²) in [5.41, 5.74) is 2.38. The zero-order valence-corrected chi connectivity index (χ0v) is 16.3. The second kappa shape index (κ2) is 9.92. The molecule has 26 heavy (non-hydrogen) atoms. The molecule has 1 N–H and O–H groups in total. The van der Waals surface area contributed by atoms with E-state index in [1.165, 1.54) is 5.56 Å². The maximum atomic E-state index is 5.41. The normalized spacial score (nSPS) is 11.7. The number of ether oxygens (including phenoxy) is 4. The molecule has 142 valence electrons. The number of benzene rings is 2. The molecule has 2 aromatic rings. The van der Waals surface area contributed by atoms with Crippen LogP contribution in [0.2, 0.25) is 0 Å². The smallest absolute Gasteiger partial charge is 0.203 e. The summed E-state index contributed by atoms with van der Waals surface area (Å²) in [6.45, 7) is 3.07. The highest BCUT2D eigenvalue weighted by Crippen LogP contribution is 2.38. The Labute approximate surface area is 156 Å². The number of nitrogens with one attached hydrogen (secondary N) is 1. The van der Waals surface area contributed by atoms with E-state index in [1.54, 1.807) is 28.4 Å². The highest BCUT2D eigenvalue weighted by molar-refractivity contribution is 5.53. The van der Waals surface area contributed by atoms with Crippen molar-refractivity contribution in [3.63, 3.8) is 0 Å². The summed E-state index contributed by atoms with van der Waals surface area (Å²) in [5.74, 6) is 2.90. The summed E-state index contributed by atoms with van der Waals surface area (Å²) >= 11 is 0. The van der Waals surface area contributed by atoms with Crippen LogP contribution in [0.25, 0.3) is 0 Å². The first-order valence-electron chi connectivity index (χ1n) is 8.79. The minimum Gasteiger partial charge on any atom is -0.497 e. The zero-order valence-electron chi connectivity index (χ0n) is 16.3. The molecular weight excluding hydrogens is 330 g/mol. The highest BCUT2D eigenvalue weighted by atomic mass is 16.5. The fourth-order valence-electron chi connectivity index (χ4n) is 2.92. The Bertz CT molecular complexity index is 677. The summed E-state index contributed by atoms with van der Waals surface area (Å²) in [7, 11) is 6.58. The molecule has 0 aromatic heterocycles. The minimum atomic E-state index is 0.269. The lowest BCUT2D eigenvalue weighted by molar-refractivity contribution is 0.323. The molecule has 0 bridgehead atoms. The molecule has 0 aliphatic heterocycles. The molecule has 0 saturated heterocycles. The molecule has 0 spiro atoms. The van der Waals surface area contributed by atoms with Crippen molar-refractivity contribution in [2.24, 2.45) is 0 Å². The van der Waals surface area contributed by atoms with Gasteiger partial charge in [-0.3, -0.25) is 0 Å². The lowest BCUT2D eigenvalue weighted by atomic mass is 10.1. The van der Waals surface area contributed by atoms with Crippen LogP contribution in [0.15, 0.2) is 36.4 Å². The van der Waals surface area contributed by atoms with Crippen molar-refractivity contribution in [1.29, 1.82) is 0 Å². The largest absolute Gasteiger partial charge is 0.497 e. The van der Waals surface area contributed by atoms with E-state index in [2.05, 4.69) is 24.4 Å². The molecule has 1 unspecified atom stereocenters. The first kappa shape index (κ1) is 19.9. The monoisotopic (exact) mass is 359 g/mol. The maximum absolute atomic E-state index is 5.41. The van der Waals surface area contributed by atoms with Crippen LogP contribution in [0.5, 0.6) is 23.0 Å². The van der Waals surface area contributed by atoms with E-state index in [-0.39, 0.29) is 6.04 Å². The molecule has 0 aliphatic rings. The van der Waals surface area contributed by atoms with E-state index < -0.39 is 0 Å². The van der Waals surface area contributed by atoms with Gasteiger partial charge >= 0.3 is 0 Å². The Hall–Kier alpha value is -2.40. The lowest BCUT2D eigenvalue weighted by Crippen LogP contribution is -2.20. The Balaban J connectivity index is 1.91. The number of hydrogen-bond acceptors (Lipinski definition) is 5. The molecule has 0 amide bonds. The van der Waals surface area contributed by atoms with Crippen molar-refractivity contribution in [3.05, 3.63) is 47.5 Å². The van der Waals surface area contributed by atoms with Crippen LogP contribution in [-0.2, 0) is 6.42 Å². The van der Waals surface area contributed by atoms with Gasteiger partial charge in [0, 0.05) is 6.04 Å². The molecule has 5 nitrogen and oxygen atoms in total. The molecule has 0 aliphatic carbocycles. The van der Waals surface area contributed by atoms with E-state index in [4.69, 9.17) is 18.9 Å². The fraction of sp³-hybridized carbons (Fsp3) is 0.429. The van der Waals surface area contributed by atoms with Crippen LogP contribution < -0.4 is 24.3 Å². The third kappa shape index (κ3) is 5.05. The molecule has 5 heteroatoms. The average molecular weight is 359 g/mol. The van der Waals surface area contributed by atoms with Gasteiger partial charge in [-0.1, -0.05) is 12.1 Å². The van der Waals surface area contributed by atoms with Gasteiger partial charge in [0.1, 0.15) is 5.75 Å².